The van der Waals surface area contributed by atoms with Crippen LogP contribution in [0.15, 0.2) is 22.7 Å². The second kappa shape index (κ2) is 7.91. The van der Waals surface area contributed by atoms with Gasteiger partial charge in [-0.05, 0) is 39.3 Å². The van der Waals surface area contributed by atoms with Crippen molar-refractivity contribution in [1.29, 1.82) is 0 Å². The Morgan fingerprint density at radius 2 is 1.92 bits per heavy atom. The fourth-order valence-corrected chi connectivity index (χ4v) is 3.51. The van der Waals surface area contributed by atoms with Crippen LogP contribution in [0.1, 0.15) is 31.9 Å². The Kier molecular flexibility index (Phi) is 6.93. The van der Waals surface area contributed by atoms with Gasteiger partial charge in [-0.15, -0.1) is 0 Å². The molecule has 0 fully saturated rings. The van der Waals surface area contributed by atoms with Crippen molar-refractivity contribution in [3.63, 3.8) is 0 Å². The maximum Gasteiger partial charge on any atom is 0.510 e. The Balaban J connectivity index is 2.93. The van der Waals surface area contributed by atoms with Gasteiger partial charge in [0, 0.05) is 10.0 Å². The quantitative estimate of drug-likeness (QED) is 0.397. The molecule has 6 nitrogen and oxygen atoms in total. The van der Waals surface area contributed by atoms with Gasteiger partial charge in [0.05, 0.1) is 6.10 Å². The minimum Gasteiger partial charge on any atom is -0.432 e. The smallest absolute Gasteiger partial charge is 0.432 e. The summed E-state index contributed by atoms with van der Waals surface area (Å²) < 4.78 is 54.2. The number of hydrogen-bond donors (Lipinski definition) is 1. The van der Waals surface area contributed by atoms with Crippen molar-refractivity contribution in [2.45, 2.75) is 38.8 Å². The molecule has 0 saturated heterocycles. The molecule has 24 heavy (non-hydrogen) atoms. The lowest BCUT2D eigenvalue weighted by molar-refractivity contribution is -0.0766. The molecule has 0 aliphatic rings. The molecule has 2 atom stereocenters. The molecule has 135 valence electrons. The van der Waals surface area contributed by atoms with Gasteiger partial charge in [-0.25, -0.2) is 4.79 Å². The van der Waals surface area contributed by atoms with Gasteiger partial charge in [0.15, 0.2) is 0 Å². The van der Waals surface area contributed by atoms with Crippen molar-refractivity contribution in [2.24, 2.45) is 0 Å². The fourth-order valence-electron chi connectivity index (χ4n) is 1.60. The Bertz CT molecular complexity index is 652. The van der Waals surface area contributed by atoms with Gasteiger partial charge < -0.3 is 14.4 Å². The van der Waals surface area contributed by atoms with E-state index in [4.69, 9.17) is 0 Å². The molecule has 1 rings (SSSR count). The zero-order valence-electron chi connectivity index (χ0n) is 13.2. The first-order valence-corrected chi connectivity index (χ1v) is 9.12. The van der Waals surface area contributed by atoms with Gasteiger partial charge in [-0.2, -0.15) is 8.78 Å². The third-order valence-corrected chi connectivity index (χ3v) is 4.79. The highest BCUT2D eigenvalue weighted by Gasteiger charge is 2.55. The maximum atomic E-state index is 14.4. The highest BCUT2D eigenvalue weighted by Crippen LogP contribution is 2.64. The van der Waals surface area contributed by atoms with Crippen LogP contribution in [-0.2, 0) is 24.2 Å². The van der Waals surface area contributed by atoms with Crippen molar-refractivity contribution in [2.75, 3.05) is 0 Å². The van der Waals surface area contributed by atoms with Crippen LogP contribution in [-0.4, -0.2) is 23.4 Å². The Hall–Kier alpha value is -1.02. The summed E-state index contributed by atoms with van der Waals surface area (Å²) in [7, 11) is -5.52. The molecule has 0 bridgehead atoms. The molecule has 0 spiro atoms. The molecule has 0 aromatic heterocycles. The highest BCUT2D eigenvalue weighted by molar-refractivity contribution is 9.10. The molecular formula is C14H17BrF2O6P. The number of hydrogen-bond acceptors (Lipinski definition) is 5. The van der Waals surface area contributed by atoms with Gasteiger partial charge in [0.25, 0.3) is 0 Å². The van der Waals surface area contributed by atoms with Crippen molar-refractivity contribution >= 4 is 29.7 Å². The standard InChI is InChI=1S/C14H17BrF2O6P/c1-8(2)21-13(18)22-10(4)23-24(19,20)14(16,17)11-6-5-9(3)7-12(11)15/h5-8,10H,3H2,1-2,4H3,(H,19,20). The minimum absolute atomic E-state index is 0.106. The topological polar surface area (TPSA) is 82.1 Å². The Labute approximate surface area is 146 Å². The first-order chi connectivity index (χ1) is 10.9. The fraction of sp³-hybridized carbons (Fsp3) is 0.429. The summed E-state index contributed by atoms with van der Waals surface area (Å²) in [6, 6.07) is 3.48. The Morgan fingerprint density at radius 1 is 1.33 bits per heavy atom. The summed E-state index contributed by atoms with van der Waals surface area (Å²) in [5.41, 5.74) is -4.56. The van der Waals surface area contributed by atoms with Crippen LogP contribution >= 0.6 is 23.5 Å². The van der Waals surface area contributed by atoms with Crippen molar-refractivity contribution in [3.8, 4) is 0 Å². The first-order valence-electron chi connectivity index (χ1n) is 6.75. The third kappa shape index (κ3) is 5.24. The summed E-state index contributed by atoms with van der Waals surface area (Å²) in [6.45, 7) is 7.67. The largest absolute Gasteiger partial charge is 0.510 e. The van der Waals surface area contributed by atoms with Crippen molar-refractivity contribution in [3.05, 3.63) is 40.7 Å². The van der Waals surface area contributed by atoms with Gasteiger partial charge in [-0.3, -0.25) is 9.09 Å². The SMILES string of the molecule is [CH2]c1ccc(C(F)(F)P(=O)(O)OC(C)OC(=O)OC(C)C)c(Br)c1. The summed E-state index contributed by atoms with van der Waals surface area (Å²) in [4.78, 5) is 20.9. The van der Waals surface area contributed by atoms with E-state index in [0.29, 0.717) is 5.56 Å². The predicted octanol–water partition coefficient (Wildman–Crippen LogP) is 4.79. The Morgan fingerprint density at radius 3 is 2.42 bits per heavy atom. The average Bonchev–Trinajstić information content (AvgIpc) is 2.35. The molecule has 0 aliphatic heterocycles. The van der Waals surface area contributed by atoms with Crippen LogP contribution < -0.4 is 0 Å². The maximum absolute atomic E-state index is 14.4. The summed E-state index contributed by atoms with van der Waals surface area (Å²) in [5.74, 6) is 0. The minimum atomic E-state index is -5.52. The third-order valence-electron chi connectivity index (χ3n) is 2.60. The molecule has 2 unspecified atom stereocenters. The van der Waals surface area contributed by atoms with E-state index in [-0.39, 0.29) is 4.47 Å². The van der Waals surface area contributed by atoms with Crippen LogP contribution in [0.4, 0.5) is 13.6 Å². The van der Waals surface area contributed by atoms with Gasteiger partial charge in [-0.1, -0.05) is 28.1 Å². The lowest BCUT2D eigenvalue weighted by Gasteiger charge is -2.25. The number of halogens is 3. The summed E-state index contributed by atoms with van der Waals surface area (Å²) in [5, 5.41) is 0. The zero-order valence-corrected chi connectivity index (χ0v) is 15.6. The number of ether oxygens (including phenoxy) is 2. The van der Waals surface area contributed by atoms with Crippen molar-refractivity contribution < 1.29 is 37.0 Å². The normalized spacial score (nSPS) is 15.7. The van der Waals surface area contributed by atoms with Crippen molar-refractivity contribution in [1.82, 2.24) is 0 Å². The lowest BCUT2D eigenvalue weighted by Crippen LogP contribution is -2.24. The molecule has 1 aromatic rings. The number of carbonyl (C=O) groups is 1. The van der Waals surface area contributed by atoms with Crippen LogP contribution in [0.2, 0.25) is 0 Å². The van der Waals surface area contributed by atoms with Crippen LogP contribution in [0.25, 0.3) is 0 Å². The predicted molar refractivity (Wildman–Crippen MR) is 85.6 cm³/mol. The number of carbonyl (C=O) groups excluding carboxylic acids is 1. The van der Waals surface area contributed by atoms with Crippen LogP contribution in [0, 0.1) is 6.92 Å². The molecule has 1 N–H and O–H groups in total. The summed E-state index contributed by atoms with van der Waals surface area (Å²) in [6.07, 6.45) is -3.43. The molecule has 1 radical (unpaired) electrons. The number of benzene rings is 1. The van der Waals surface area contributed by atoms with Gasteiger partial charge in [0.1, 0.15) is 0 Å². The van der Waals surface area contributed by atoms with E-state index >= 15 is 0 Å². The lowest BCUT2D eigenvalue weighted by atomic mass is 10.1. The van der Waals surface area contributed by atoms with E-state index in [9.17, 15) is 23.0 Å². The first kappa shape index (κ1) is 21.0. The molecule has 1 aromatic carbocycles. The average molecular weight is 430 g/mol. The molecule has 0 aliphatic carbocycles. The number of rotatable bonds is 6. The van der Waals surface area contributed by atoms with Crippen LogP contribution in [0.3, 0.4) is 0 Å². The van der Waals surface area contributed by atoms with E-state index in [0.717, 1.165) is 13.0 Å². The molecule has 0 heterocycles. The van der Waals surface area contributed by atoms with E-state index < -0.39 is 37.4 Å². The molecule has 10 heteroatoms. The van der Waals surface area contributed by atoms with E-state index in [1.165, 1.54) is 12.1 Å². The summed E-state index contributed by atoms with van der Waals surface area (Å²) >= 11 is 2.90. The molecular weight excluding hydrogens is 413 g/mol. The van der Waals surface area contributed by atoms with E-state index in [1.807, 2.05) is 0 Å². The second-order valence-corrected chi connectivity index (χ2v) is 7.75. The molecule has 0 saturated carbocycles. The van der Waals surface area contributed by atoms with E-state index in [1.54, 1.807) is 13.8 Å². The second-order valence-electron chi connectivity index (χ2n) is 5.08. The van der Waals surface area contributed by atoms with Crippen LogP contribution in [0.5, 0.6) is 0 Å². The van der Waals surface area contributed by atoms with E-state index in [2.05, 4.69) is 36.9 Å². The van der Waals surface area contributed by atoms with Gasteiger partial charge in [0.2, 0.25) is 6.29 Å². The highest BCUT2D eigenvalue weighted by atomic mass is 79.9. The number of alkyl halides is 2. The molecule has 0 amide bonds. The zero-order chi connectivity index (χ0) is 18.7. The monoisotopic (exact) mass is 429 g/mol. The van der Waals surface area contributed by atoms with Gasteiger partial charge >= 0.3 is 19.4 Å².